The minimum Gasteiger partial charge on any atom is -0.342 e. The summed E-state index contributed by atoms with van der Waals surface area (Å²) in [6.07, 6.45) is 6.96. The lowest BCUT2D eigenvalue weighted by Gasteiger charge is -2.37. The van der Waals surface area contributed by atoms with E-state index in [2.05, 4.69) is 17.0 Å². The molecule has 29 heavy (non-hydrogen) atoms. The van der Waals surface area contributed by atoms with Crippen molar-refractivity contribution in [2.75, 3.05) is 26.2 Å². The minimum absolute atomic E-state index is 0.0464. The summed E-state index contributed by atoms with van der Waals surface area (Å²) in [6, 6.07) is 5.71. The van der Waals surface area contributed by atoms with Gasteiger partial charge in [-0.15, -0.1) is 0 Å². The number of aromatic nitrogens is 3. The number of hydrogen-bond acceptors (Lipinski definition) is 4. The number of piperidine rings is 2. The van der Waals surface area contributed by atoms with Crippen molar-refractivity contribution in [3.63, 3.8) is 0 Å². The molecule has 7 heteroatoms. The van der Waals surface area contributed by atoms with Crippen molar-refractivity contribution < 1.29 is 9.59 Å². The molecule has 1 atom stereocenters. The predicted molar refractivity (Wildman–Crippen MR) is 110 cm³/mol. The monoisotopic (exact) mass is 395 g/mol. The molecule has 7 nitrogen and oxygen atoms in total. The average Bonchev–Trinajstić information content (AvgIpc) is 3.28. The molecular weight excluding hydrogens is 366 g/mol. The molecule has 154 valence electrons. The van der Waals surface area contributed by atoms with E-state index in [0.29, 0.717) is 24.6 Å². The van der Waals surface area contributed by atoms with Gasteiger partial charge in [0.1, 0.15) is 12.7 Å². The Morgan fingerprint density at radius 1 is 1.07 bits per heavy atom. The highest BCUT2D eigenvalue weighted by atomic mass is 16.2. The van der Waals surface area contributed by atoms with E-state index < -0.39 is 0 Å². The van der Waals surface area contributed by atoms with Crippen LogP contribution in [-0.2, 0) is 4.79 Å². The van der Waals surface area contributed by atoms with Gasteiger partial charge < -0.3 is 9.80 Å². The van der Waals surface area contributed by atoms with Gasteiger partial charge in [0.05, 0.1) is 5.69 Å². The second-order valence-corrected chi connectivity index (χ2v) is 8.44. The molecule has 0 spiro atoms. The lowest BCUT2D eigenvalue weighted by atomic mass is 9.92. The summed E-state index contributed by atoms with van der Waals surface area (Å²) in [5.41, 5.74) is 2.52. The fourth-order valence-electron chi connectivity index (χ4n) is 4.52. The van der Waals surface area contributed by atoms with Crippen molar-refractivity contribution in [2.45, 2.75) is 39.5 Å². The summed E-state index contributed by atoms with van der Waals surface area (Å²) in [4.78, 5) is 33.8. The molecule has 2 amide bonds. The van der Waals surface area contributed by atoms with Crippen molar-refractivity contribution >= 4 is 11.8 Å². The molecule has 2 fully saturated rings. The Balaban J connectivity index is 1.37. The number of carbonyl (C=O) groups is 2. The molecule has 2 aromatic rings. The Kier molecular flexibility index (Phi) is 5.65. The van der Waals surface area contributed by atoms with Gasteiger partial charge in [0.15, 0.2) is 0 Å². The van der Waals surface area contributed by atoms with E-state index in [9.17, 15) is 9.59 Å². The molecule has 0 aliphatic carbocycles. The second kappa shape index (κ2) is 8.35. The third kappa shape index (κ3) is 4.18. The molecule has 0 saturated carbocycles. The van der Waals surface area contributed by atoms with Gasteiger partial charge in [-0.2, -0.15) is 5.10 Å². The van der Waals surface area contributed by atoms with Crippen molar-refractivity contribution in [1.82, 2.24) is 24.6 Å². The number of benzene rings is 1. The molecule has 2 aliphatic rings. The third-order valence-electron chi connectivity index (χ3n) is 6.22. The van der Waals surface area contributed by atoms with Crippen molar-refractivity contribution in [1.29, 1.82) is 0 Å². The number of rotatable bonds is 3. The minimum atomic E-state index is 0.0464. The molecule has 2 aliphatic heterocycles. The molecule has 1 aromatic carbocycles. The highest BCUT2D eigenvalue weighted by Crippen LogP contribution is 2.25. The van der Waals surface area contributed by atoms with Crippen LogP contribution in [0.4, 0.5) is 0 Å². The Hall–Kier alpha value is -2.70. The first-order valence-corrected chi connectivity index (χ1v) is 10.6. The van der Waals surface area contributed by atoms with Crippen LogP contribution in [0.1, 0.15) is 48.5 Å². The zero-order chi connectivity index (χ0) is 20.4. The van der Waals surface area contributed by atoms with E-state index in [1.54, 1.807) is 11.0 Å². The first-order chi connectivity index (χ1) is 14.0. The lowest BCUT2D eigenvalue weighted by molar-refractivity contribution is -0.138. The van der Waals surface area contributed by atoms with E-state index in [1.165, 1.54) is 12.7 Å². The van der Waals surface area contributed by atoms with Crippen LogP contribution in [0.2, 0.25) is 0 Å². The van der Waals surface area contributed by atoms with Crippen LogP contribution in [0.5, 0.6) is 0 Å². The lowest BCUT2D eigenvalue weighted by Crippen LogP contribution is -2.47. The van der Waals surface area contributed by atoms with Crippen molar-refractivity contribution in [2.24, 2.45) is 11.8 Å². The van der Waals surface area contributed by atoms with Gasteiger partial charge in [0, 0.05) is 37.7 Å². The van der Waals surface area contributed by atoms with Gasteiger partial charge in [-0.05, 0) is 62.3 Å². The van der Waals surface area contributed by atoms with E-state index in [0.717, 1.165) is 43.6 Å². The van der Waals surface area contributed by atoms with Gasteiger partial charge in [-0.25, -0.2) is 9.67 Å². The molecule has 3 heterocycles. The average molecular weight is 396 g/mol. The largest absolute Gasteiger partial charge is 0.342 e. The van der Waals surface area contributed by atoms with Gasteiger partial charge in [0.25, 0.3) is 5.91 Å². The molecule has 0 bridgehead atoms. The predicted octanol–water partition coefficient (Wildman–Crippen LogP) is 2.69. The molecule has 0 N–H and O–H groups in total. The summed E-state index contributed by atoms with van der Waals surface area (Å²) >= 11 is 0. The van der Waals surface area contributed by atoms with Crippen molar-refractivity contribution in [3.8, 4) is 5.69 Å². The molecule has 1 unspecified atom stereocenters. The first kappa shape index (κ1) is 19.6. The van der Waals surface area contributed by atoms with Crippen LogP contribution in [0.3, 0.4) is 0 Å². The highest BCUT2D eigenvalue weighted by Gasteiger charge is 2.32. The van der Waals surface area contributed by atoms with Gasteiger partial charge in [-0.1, -0.05) is 6.92 Å². The molecule has 4 rings (SSSR count). The second-order valence-electron chi connectivity index (χ2n) is 8.44. The maximum absolute atomic E-state index is 13.0. The number of nitrogens with zero attached hydrogens (tertiary/aromatic N) is 5. The maximum atomic E-state index is 13.0. The number of carbonyl (C=O) groups excluding carboxylic acids is 2. The molecule has 1 aromatic heterocycles. The van der Waals surface area contributed by atoms with E-state index in [1.807, 2.05) is 34.9 Å². The zero-order valence-corrected chi connectivity index (χ0v) is 17.3. The molecular formula is C22H29N5O2. The number of hydrogen-bond donors (Lipinski definition) is 0. The Morgan fingerprint density at radius 2 is 1.86 bits per heavy atom. The fraction of sp³-hybridized carbons (Fsp3) is 0.545. The van der Waals surface area contributed by atoms with Crippen LogP contribution in [0.15, 0.2) is 30.9 Å². The van der Waals surface area contributed by atoms with Gasteiger partial charge >= 0.3 is 0 Å². The fourth-order valence-corrected chi connectivity index (χ4v) is 4.52. The SMILES string of the molecule is Cc1cc(-n2cncn2)ccc1C(=O)N1CCC(C(=O)N2CCCC(C)C2)CC1. The van der Waals surface area contributed by atoms with Crippen LogP contribution < -0.4 is 0 Å². The Labute approximate surface area is 171 Å². The van der Waals surface area contributed by atoms with Crippen LogP contribution in [-0.4, -0.2) is 62.6 Å². The quantitative estimate of drug-likeness (QED) is 0.801. The van der Waals surface area contributed by atoms with Crippen LogP contribution >= 0.6 is 0 Å². The number of aryl methyl sites for hydroxylation is 1. The Bertz CT molecular complexity index is 871. The zero-order valence-electron chi connectivity index (χ0n) is 17.3. The summed E-state index contributed by atoms with van der Waals surface area (Å²) < 4.78 is 1.68. The summed E-state index contributed by atoms with van der Waals surface area (Å²) in [5.74, 6) is 0.986. The normalized spacial score (nSPS) is 20.7. The molecule has 0 radical (unpaired) electrons. The standard InChI is InChI=1S/C22H29N5O2/c1-16-4-3-9-26(13-16)21(28)18-7-10-25(11-8-18)22(29)20-6-5-19(12-17(20)2)27-15-23-14-24-27/h5-6,12,14-16,18H,3-4,7-11,13H2,1-2H3. The molecule has 2 saturated heterocycles. The van der Waals surface area contributed by atoms with Crippen molar-refractivity contribution in [3.05, 3.63) is 42.0 Å². The van der Waals surface area contributed by atoms with E-state index >= 15 is 0 Å². The number of amides is 2. The summed E-state index contributed by atoms with van der Waals surface area (Å²) in [7, 11) is 0. The van der Waals surface area contributed by atoms with E-state index in [4.69, 9.17) is 0 Å². The summed E-state index contributed by atoms with van der Waals surface area (Å²) in [6.45, 7) is 7.22. The topological polar surface area (TPSA) is 71.3 Å². The smallest absolute Gasteiger partial charge is 0.254 e. The van der Waals surface area contributed by atoms with Gasteiger partial charge in [0.2, 0.25) is 5.91 Å². The summed E-state index contributed by atoms with van der Waals surface area (Å²) in [5, 5.41) is 4.13. The van der Waals surface area contributed by atoms with Crippen LogP contribution in [0, 0.1) is 18.8 Å². The van der Waals surface area contributed by atoms with E-state index in [-0.39, 0.29) is 17.7 Å². The number of likely N-dealkylation sites (tertiary alicyclic amines) is 2. The Morgan fingerprint density at radius 3 is 2.52 bits per heavy atom. The van der Waals surface area contributed by atoms with Crippen LogP contribution in [0.25, 0.3) is 5.69 Å². The van der Waals surface area contributed by atoms with Gasteiger partial charge in [-0.3, -0.25) is 9.59 Å². The third-order valence-corrected chi connectivity index (χ3v) is 6.22. The highest BCUT2D eigenvalue weighted by molar-refractivity contribution is 5.96. The maximum Gasteiger partial charge on any atom is 0.254 e. The first-order valence-electron chi connectivity index (χ1n) is 10.6.